The fourth-order valence-corrected chi connectivity index (χ4v) is 3.02. The van der Waals surface area contributed by atoms with Gasteiger partial charge in [-0.25, -0.2) is 0 Å². The summed E-state index contributed by atoms with van der Waals surface area (Å²) in [5.74, 6) is 3.59. The van der Waals surface area contributed by atoms with Crippen molar-refractivity contribution in [2.75, 3.05) is 19.6 Å². The third-order valence-electron chi connectivity index (χ3n) is 4.42. The van der Waals surface area contributed by atoms with Crippen LogP contribution in [0.1, 0.15) is 39.0 Å². The molecule has 0 amide bonds. The molecule has 0 saturated heterocycles. The number of nitrogens with one attached hydrogen (secondary N) is 1. The fraction of sp³-hybridized carbons (Fsp3) is 1.00. The highest BCUT2D eigenvalue weighted by Crippen LogP contribution is 2.36. The molecule has 2 aliphatic carbocycles. The lowest BCUT2D eigenvalue weighted by Gasteiger charge is -2.19. The van der Waals surface area contributed by atoms with Gasteiger partial charge in [0.05, 0.1) is 0 Å². The minimum Gasteiger partial charge on any atom is -0.330 e. The second-order valence-electron chi connectivity index (χ2n) is 5.66. The average Bonchev–Trinajstić information content (AvgIpc) is 2.99. The van der Waals surface area contributed by atoms with E-state index in [0.717, 1.165) is 30.2 Å². The van der Waals surface area contributed by atoms with Crippen molar-refractivity contribution in [2.45, 2.75) is 39.0 Å². The van der Waals surface area contributed by atoms with Crippen LogP contribution in [-0.4, -0.2) is 19.6 Å². The van der Waals surface area contributed by atoms with E-state index in [1.54, 1.807) is 0 Å². The van der Waals surface area contributed by atoms with Gasteiger partial charge in [-0.15, -0.1) is 0 Å². The predicted octanol–water partition coefficient (Wildman–Crippen LogP) is 2.00. The summed E-state index contributed by atoms with van der Waals surface area (Å²) in [5.41, 5.74) is 5.79. The lowest BCUT2D eigenvalue weighted by atomic mass is 9.96. The zero-order valence-electron chi connectivity index (χ0n) is 10.0. The third-order valence-corrected chi connectivity index (χ3v) is 4.42. The second kappa shape index (κ2) is 5.31. The molecule has 88 valence electrons. The standard InChI is InChI=1S/C13H26N2/c1-10(11-5-6-11)8-15-9-13-4-2-3-12(13)7-14/h10-13,15H,2-9,14H2,1H3. The minimum atomic E-state index is 0.800. The molecule has 0 aromatic carbocycles. The van der Waals surface area contributed by atoms with E-state index in [1.807, 2.05) is 0 Å². The summed E-state index contributed by atoms with van der Waals surface area (Å²) >= 11 is 0. The van der Waals surface area contributed by atoms with Gasteiger partial charge in [-0.3, -0.25) is 0 Å². The molecule has 2 aliphatic rings. The Morgan fingerprint density at radius 2 is 1.93 bits per heavy atom. The maximum Gasteiger partial charge on any atom is -0.00173 e. The van der Waals surface area contributed by atoms with Gasteiger partial charge < -0.3 is 11.1 Å². The summed E-state index contributed by atoms with van der Waals surface area (Å²) in [6, 6.07) is 0. The van der Waals surface area contributed by atoms with E-state index < -0.39 is 0 Å². The summed E-state index contributed by atoms with van der Waals surface area (Å²) in [7, 11) is 0. The molecule has 0 aromatic heterocycles. The summed E-state index contributed by atoms with van der Waals surface area (Å²) in [6.07, 6.45) is 7.09. The number of nitrogens with two attached hydrogens (primary N) is 1. The fourth-order valence-electron chi connectivity index (χ4n) is 3.02. The van der Waals surface area contributed by atoms with Gasteiger partial charge in [0.25, 0.3) is 0 Å². The zero-order valence-corrected chi connectivity index (χ0v) is 10.0. The largest absolute Gasteiger partial charge is 0.330 e. The van der Waals surface area contributed by atoms with Crippen molar-refractivity contribution in [1.82, 2.24) is 5.32 Å². The van der Waals surface area contributed by atoms with Gasteiger partial charge in [0.2, 0.25) is 0 Å². The van der Waals surface area contributed by atoms with Crippen LogP contribution < -0.4 is 11.1 Å². The molecule has 3 unspecified atom stereocenters. The summed E-state index contributed by atoms with van der Waals surface area (Å²) in [4.78, 5) is 0. The van der Waals surface area contributed by atoms with E-state index in [9.17, 15) is 0 Å². The molecule has 0 bridgehead atoms. The van der Waals surface area contributed by atoms with Gasteiger partial charge in [-0.05, 0) is 69.0 Å². The van der Waals surface area contributed by atoms with E-state index in [4.69, 9.17) is 5.73 Å². The van der Waals surface area contributed by atoms with Crippen molar-refractivity contribution < 1.29 is 0 Å². The highest BCUT2D eigenvalue weighted by molar-refractivity contribution is 4.82. The van der Waals surface area contributed by atoms with Crippen molar-refractivity contribution in [2.24, 2.45) is 29.4 Å². The second-order valence-corrected chi connectivity index (χ2v) is 5.66. The molecule has 0 aromatic rings. The van der Waals surface area contributed by atoms with Crippen molar-refractivity contribution in [3.8, 4) is 0 Å². The van der Waals surface area contributed by atoms with Gasteiger partial charge in [0, 0.05) is 0 Å². The Balaban J connectivity index is 1.60. The molecule has 0 radical (unpaired) electrons. The Hall–Kier alpha value is -0.0800. The first kappa shape index (κ1) is 11.4. The van der Waals surface area contributed by atoms with Gasteiger partial charge in [-0.1, -0.05) is 13.3 Å². The SMILES string of the molecule is CC(CNCC1CCCC1CN)C1CC1. The Kier molecular flexibility index (Phi) is 4.04. The lowest BCUT2D eigenvalue weighted by Crippen LogP contribution is -2.31. The van der Waals surface area contributed by atoms with Crippen LogP contribution in [0.5, 0.6) is 0 Å². The van der Waals surface area contributed by atoms with Crippen LogP contribution in [0.4, 0.5) is 0 Å². The van der Waals surface area contributed by atoms with E-state index in [-0.39, 0.29) is 0 Å². The zero-order chi connectivity index (χ0) is 10.7. The molecule has 3 atom stereocenters. The van der Waals surface area contributed by atoms with Crippen molar-refractivity contribution in [1.29, 1.82) is 0 Å². The molecule has 2 heteroatoms. The van der Waals surface area contributed by atoms with Crippen LogP contribution >= 0.6 is 0 Å². The van der Waals surface area contributed by atoms with Crippen LogP contribution in [0.15, 0.2) is 0 Å². The molecule has 0 aliphatic heterocycles. The van der Waals surface area contributed by atoms with Crippen LogP contribution in [0.2, 0.25) is 0 Å². The van der Waals surface area contributed by atoms with E-state index >= 15 is 0 Å². The highest BCUT2D eigenvalue weighted by atomic mass is 14.9. The molecular weight excluding hydrogens is 184 g/mol. The average molecular weight is 210 g/mol. The minimum absolute atomic E-state index is 0.800. The van der Waals surface area contributed by atoms with E-state index in [2.05, 4.69) is 12.2 Å². The summed E-state index contributed by atoms with van der Waals surface area (Å²) in [6.45, 7) is 5.71. The molecular formula is C13H26N2. The van der Waals surface area contributed by atoms with Crippen LogP contribution in [0, 0.1) is 23.7 Å². The first-order valence-electron chi connectivity index (χ1n) is 6.72. The Morgan fingerprint density at radius 1 is 1.20 bits per heavy atom. The monoisotopic (exact) mass is 210 g/mol. The first-order chi connectivity index (χ1) is 7.31. The molecule has 2 rings (SSSR count). The predicted molar refractivity (Wildman–Crippen MR) is 64.6 cm³/mol. The maximum atomic E-state index is 5.79. The van der Waals surface area contributed by atoms with E-state index in [0.29, 0.717) is 0 Å². The Morgan fingerprint density at radius 3 is 2.60 bits per heavy atom. The third kappa shape index (κ3) is 3.18. The maximum absolute atomic E-state index is 5.79. The van der Waals surface area contributed by atoms with E-state index in [1.165, 1.54) is 45.2 Å². The van der Waals surface area contributed by atoms with Gasteiger partial charge in [-0.2, -0.15) is 0 Å². The number of hydrogen-bond acceptors (Lipinski definition) is 2. The van der Waals surface area contributed by atoms with Crippen LogP contribution in [-0.2, 0) is 0 Å². The topological polar surface area (TPSA) is 38.0 Å². The van der Waals surface area contributed by atoms with Crippen molar-refractivity contribution in [3.05, 3.63) is 0 Å². The van der Waals surface area contributed by atoms with Gasteiger partial charge >= 0.3 is 0 Å². The molecule has 2 nitrogen and oxygen atoms in total. The Bertz CT molecular complexity index is 189. The molecule has 0 heterocycles. The summed E-state index contributed by atoms with van der Waals surface area (Å²) in [5, 5.41) is 3.66. The normalized spacial score (nSPS) is 33.2. The lowest BCUT2D eigenvalue weighted by molar-refractivity contribution is 0.355. The molecule has 15 heavy (non-hydrogen) atoms. The summed E-state index contributed by atoms with van der Waals surface area (Å²) < 4.78 is 0. The highest BCUT2D eigenvalue weighted by Gasteiger charge is 2.29. The quantitative estimate of drug-likeness (QED) is 0.703. The molecule has 2 fully saturated rings. The van der Waals surface area contributed by atoms with Crippen LogP contribution in [0.25, 0.3) is 0 Å². The van der Waals surface area contributed by atoms with Gasteiger partial charge in [0.1, 0.15) is 0 Å². The molecule has 0 spiro atoms. The Labute approximate surface area is 94.0 Å². The first-order valence-corrected chi connectivity index (χ1v) is 6.72. The number of hydrogen-bond donors (Lipinski definition) is 2. The van der Waals surface area contributed by atoms with Crippen LogP contribution in [0.3, 0.4) is 0 Å². The smallest absolute Gasteiger partial charge is 0.00173 e. The van der Waals surface area contributed by atoms with Gasteiger partial charge in [0.15, 0.2) is 0 Å². The van der Waals surface area contributed by atoms with Crippen molar-refractivity contribution >= 4 is 0 Å². The number of rotatable bonds is 6. The molecule has 3 N–H and O–H groups in total. The van der Waals surface area contributed by atoms with Crippen molar-refractivity contribution in [3.63, 3.8) is 0 Å². The molecule has 2 saturated carbocycles.